The van der Waals surface area contributed by atoms with Crippen LogP contribution in [0.4, 0.5) is 0 Å². The fourth-order valence-corrected chi connectivity index (χ4v) is 0.884. The van der Waals surface area contributed by atoms with Crippen LogP contribution < -0.4 is 5.32 Å². The number of hydrogen-bond acceptors (Lipinski definition) is 3. The molecule has 4 heteroatoms. The highest BCUT2D eigenvalue weighted by Crippen LogP contribution is 2.00. The van der Waals surface area contributed by atoms with Gasteiger partial charge in [0.2, 0.25) is 5.91 Å². The molecule has 0 spiro atoms. The molecule has 1 aromatic heterocycles. The van der Waals surface area contributed by atoms with Gasteiger partial charge in [-0.15, -0.1) is 0 Å². The fourth-order valence-electron chi connectivity index (χ4n) is 0.884. The van der Waals surface area contributed by atoms with Crippen molar-refractivity contribution >= 4 is 5.91 Å². The maximum atomic E-state index is 11.0. The lowest BCUT2D eigenvalue weighted by Gasteiger charge is -1.95. The average Bonchev–Trinajstić information content (AvgIpc) is 2.49. The number of amides is 1. The molecule has 0 aliphatic heterocycles. The van der Waals surface area contributed by atoms with Gasteiger partial charge in [0.05, 0.1) is 12.2 Å². The Morgan fingerprint density at radius 2 is 2.54 bits per heavy atom. The van der Waals surface area contributed by atoms with E-state index in [1.165, 1.54) is 6.08 Å². The maximum Gasteiger partial charge on any atom is 0.244 e. The summed E-state index contributed by atoms with van der Waals surface area (Å²) >= 11 is 0. The van der Waals surface area contributed by atoms with Crippen LogP contribution in [0.25, 0.3) is 0 Å². The average molecular weight is 180 g/mol. The van der Waals surface area contributed by atoms with Crippen LogP contribution in [0.15, 0.2) is 22.7 Å². The lowest BCUT2D eigenvalue weighted by molar-refractivity contribution is -0.116. The molecule has 0 atom stereocenters. The second kappa shape index (κ2) is 4.45. The van der Waals surface area contributed by atoms with Crippen molar-refractivity contribution in [2.24, 2.45) is 0 Å². The monoisotopic (exact) mass is 180 g/mol. The Bertz CT molecular complexity index is 315. The highest BCUT2D eigenvalue weighted by molar-refractivity contribution is 5.87. The number of nitrogens with zero attached hydrogens (tertiary/aromatic N) is 1. The summed E-state index contributed by atoms with van der Waals surface area (Å²) in [5.74, 6) is 0.534. The minimum Gasteiger partial charge on any atom is -0.359 e. The molecule has 0 bridgehead atoms. The van der Waals surface area contributed by atoms with Gasteiger partial charge in [-0.25, -0.2) is 0 Å². The molecule has 1 amide bonds. The maximum absolute atomic E-state index is 11.0. The first-order valence-corrected chi connectivity index (χ1v) is 4.05. The van der Waals surface area contributed by atoms with E-state index in [-0.39, 0.29) is 5.91 Å². The van der Waals surface area contributed by atoms with E-state index in [0.29, 0.717) is 12.3 Å². The Kier molecular flexibility index (Phi) is 3.25. The molecule has 1 heterocycles. The molecule has 4 nitrogen and oxygen atoms in total. The highest BCUT2D eigenvalue weighted by Gasteiger charge is 2.00. The first-order chi connectivity index (χ1) is 6.22. The van der Waals surface area contributed by atoms with Crippen molar-refractivity contribution in [1.82, 2.24) is 10.5 Å². The van der Waals surface area contributed by atoms with Crippen LogP contribution in [0, 0.1) is 6.92 Å². The largest absolute Gasteiger partial charge is 0.359 e. The van der Waals surface area contributed by atoms with Crippen molar-refractivity contribution < 1.29 is 9.32 Å². The van der Waals surface area contributed by atoms with Crippen LogP contribution in [0.1, 0.15) is 18.4 Å². The van der Waals surface area contributed by atoms with E-state index in [0.717, 1.165) is 5.69 Å². The molecule has 0 aliphatic carbocycles. The van der Waals surface area contributed by atoms with E-state index >= 15 is 0 Å². The number of rotatable bonds is 3. The first kappa shape index (κ1) is 9.51. The van der Waals surface area contributed by atoms with E-state index in [2.05, 4.69) is 10.5 Å². The molecule has 0 aromatic carbocycles. The number of carbonyl (C=O) groups is 1. The van der Waals surface area contributed by atoms with Gasteiger partial charge >= 0.3 is 0 Å². The molecule has 0 unspecified atom stereocenters. The third kappa shape index (κ3) is 3.11. The number of hydrogen-bond donors (Lipinski definition) is 1. The molecule has 1 rings (SSSR count). The van der Waals surface area contributed by atoms with Gasteiger partial charge in [-0.3, -0.25) is 4.79 Å². The number of aryl methyl sites for hydroxylation is 1. The summed E-state index contributed by atoms with van der Waals surface area (Å²) in [6.07, 6.45) is 3.14. The second-order valence-electron chi connectivity index (χ2n) is 2.65. The Hall–Kier alpha value is -1.58. The van der Waals surface area contributed by atoms with Crippen LogP contribution in [-0.2, 0) is 11.3 Å². The zero-order valence-electron chi connectivity index (χ0n) is 7.70. The number of nitrogens with one attached hydrogen (secondary N) is 1. The van der Waals surface area contributed by atoms with Gasteiger partial charge < -0.3 is 9.84 Å². The van der Waals surface area contributed by atoms with Crippen LogP contribution >= 0.6 is 0 Å². The second-order valence-corrected chi connectivity index (χ2v) is 2.65. The summed E-state index contributed by atoms with van der Waals surface area (Å²) < 4.78 is 4.90. The van der Waals surface area contributed by atoms with Crippen LogP contribution in [-0.4, -0.2) is 11.1 Å². The Labute approximate surface area is 76.6 Å². The summed E-state index contributed by atoms with van der Waals surface area (Å²) in [6, 6.07) is 1.79. The zero-order chi connectivity index (χ0) is 9.68. The van der Waals surface area contributed by atoms with E-state index in [1.807, 2.05) is 6.92 Å². The van der Waals surface area contributed by atoms with E-state index < -0.39 is 0 Å². The quantitative estimate of drug-likeness (QED) is 0.710. The van der Waals surface area contributed by atoms with Crippen molar-refractivity contribution in [2.45, 2.75) is 20.4 Å². The fraction of sp³-hybridized carbons (Fsp3) is 0.333. The van der Waals surface area contributed by atoms with Crippen LogP contribution in [0.3, 0.4) is 0 Å². The van der Waals surface area contributed by atoms with Crippen molar-refractivity contribution in [3.05, 3.63) is 29.7 Å². The van der Waals surface area contributed by atoms with Crippen molar-refractivity contribution in [3.8, 4) is 0 Å². The van der Waals surface area contributed by atoms with Gasteiger partial charge in [0.15, 0.2) is 5.76 Å². The van der Waals surface area contributed by atoms with Crippen molar-refractivity contribution in [1.29, 1.82) is 0 Å². The summed E-state index contributed by atoms with van der Waals surface area (Å²) in [5.41, 5.74) is 0.815. The summed E-state index contributed by atoms with van der Waals surface area (Å²) in [7, 11) is 0. The lowest BCUT2D eigenvalue weighted by atomic mass is 10.4. The molecule has 70 valence electrons. The summed E-state index contributed by atoms with van der Waals surface area (Å²) in [4.78, 5) is 11.0. The van der Waals surface area contributed by atoms with Gasteiger partial charge in [-0.1, -0.05) is 11.2 Å². The van der Waals surface area contributed by atoms with E-state index in [4.69, 9.17) is 4.52 Å². The van der Waals surface area contributed by atoms with Crippen LogP contribution in [0.5, 0.6) is 0 Å². The Balaban J connectivity index is 2.39. The Morgan fingerprint density at radius 3 is 3.08 bits per heavy atom. The molecule has 1 N–H and O–H groups in total. The van der Waals surface area contributed by atoms with Gasteiger partial charge in [-0.2, -0.15) is 0 Å². The first-order valence-electron chi connectivity index (χ1n) is 4.05. The van der Waals surface area contributed by atoms with Gasteiger partial charge in [0, 0.05) is 6.07 Å². The summed E-state index contributed by atoms with van der Waals surface area (Å²) in [6.45, 7) is 4.00. The predicted octanol–water partition coefficient (Wildman–Crippen LogP) is 1.18. The number of carbonyl (C=O) groups excluding carboxylic acids is 1. The predicted molar refractivity (Wildman–Crippen MR) is 47.9 cm³/mol. The molecular formula is C9H12N2O2. The molecule has 0 saturated carbocycles. The smallest absolute Gasteiger partial charge is 0.244 e. The van der Waals surface area contributed by atoms with Crippen molar-refractivity contribution in [2.75, 3.05) is 0 Å². The summed E-state index contributed by atoms with van der Waals surface area (Å²) in [5, 5.41) is 6.35. The SMILES string of the molecule is CC=CC(=O)NCc1cc(C)no1. The highest BCUT2D eigenvalue weighted by atomic mass is 16.5. The third-order valence-corrected chi connectivity index (χ3v) is 1.43. The number of aromatic nitrogens is 1. The zero-order valence-corrected chi connectivity index (χ0v) is 7.70. The van der Waals surface area contributed by atoms with E-state index in [1.54, 1.807) is 19.1 Å². The van der Waals surface area contributed by atoms with Crippen molar-refractivity contribution in [3.63, 3.8) is 0 Å². The van der Waals surface area contributed by atoms with Crippen LogP contribution in [0.2, 0.25) is 0 Å². The molecular weight excluding hydrogens is 168 g/mol. The normalized spacial score (nSPS) is 10.6. The lowest BCUT2D eigenvalue weighted by Crippen LogP contribution is -2.19. The minimum atomic E-state index is -0.128. The topological polar surface area (TPSA) is 55.1 Å². The molecule has 0 saturated heterocycles. The minimum absolute atomic E-state index is 0.128. The van der Waals surface area contributed by atoms with Gasteiger partial charge in [-0.05, 0) is 19.9 Å². The van der Waals surface area contributed by atoms with Gasteiger partial charge in [0.1, 0.15) is 0 Å². The third-order valence-electron chi connectivity index (χ3n) is 1.43. The number of allylic oxidation sites excluding steroid dienone is 1. The molecule has 1 aromatic rings. The van der Waals surface area contributed by atoms with E-state index in [9.17, 15) is 4.79 Å². The Morgan fingerprint density at radius 1 is 1.77 bits per heavy atom. The van der Waals surface area contributed by atoms with Gasteiger partial charge in [0.25, 0.3) is 0 Å². The molecule has 0 radical (unpaired) electrons. The molecule has 13 heavy (non-hydrogen) atoms. The molecule has 0 aliphatic rings. The standard InChI is InChI=1S/C9H12N2O2/c1-3-4-9(12)10-6-8-5-7(2)11-13-8/h3-5H,6H2,1-2H3,(H,10,12). The molecule has 0 fully saturated rings.